The van der Waals surface area contributed by atoms with Gasteiger partial charge in [0.15, 0.2) is 23.1 Å². The van der Waals surface area contributed by atoms with Crippen LogP contribution in [0.15, 0.2) is 144 Å². The standard InChI is InChI=1S/C52H44N4O/c1-3-34-27-35-26-33(2)29-52(30-34,31-35)42-23-20-37(21-24-42)43-13-7-8-14-45(43)51-55-49(38-10-5-4-6-11-38)54-50(56-51)39-18-16-36(17-19-39)40-22-25-47-46(28-40)44-15-9-12-41(32-53)48(44)57-47/h4-25,28,33-35H,3,26-27,29-31H2,1-2H3/t33-,34+,35-,52?/m1/s1. The van der Waals surface area contributed by atoms with Crippen LogP contribution in [0.2, 0.25) is 0 Å². The molecular formula is C52H44N4O. The number of nitriles is 1. The molecule has 2 bridgehead atoms. The molecule has 0 amide bonds. The van der Waals surface area contributed by atoms with Crippen molar-refractivity contribution in [2.45, 2.75) is 57.8 Å². The third kappa shape index (κ3) is 6.40. The van der Waals surface area contributed by atoms with Crippen molar-refractivity contribution in [3.8, 4) is 62.5 Å². The maximum Gasteiger partial charge on any atom is 0.164 e. The van der Waals surface area contributed by atoms with E-state index in [1.54, 1.807) is 6.07 Å². The van der Waals surface area contributed by atoms with E-state index in [1.807, 2.05) is 36.4 Å². The van der Waals surface area contributed by atoms with Gasteiger partial charge in [0.1, 0.15) is 11.7 Å². The molecule has 2 aromatic heterocycles. The second kappa shape index (κ2) is 14.3. The number of hydrogen-bond donors (Lipinski definition) is 0. The zero-order chi connectivity index (χ0) is 38.5. The van der Waals surface area contributed by atoms with E-state index in [9.17, 15) is 5.26 Å². The monoisotopic (exact) mass is 740 g/mol. The van der Waals surface area contributed by atoms with Crippen LogP contribution in [0.5, 0.6) is 0 Å². The highest BCUT2D eigenvalue weighted by atomic mass is 16.3. The van der Waals surface area contributed by atoms with Gasteiger partial charge < -0.3 is 4.42 Å². The van der Waals surface area contributed by atoms with Gasteiger partial charge in [-0.3, -0.25) is 0 Å². The summed E-state index contributed by atoms with van der Waals surface area (Å²) >= 11 is 0. The van der Waals surface area contributed by atoms with Crippen LogP contribution in [-0.4, -0.2) is 15.0 Å². The van der Waals surface area contributed by atoms with E-state index >= 15 is 0 Å². The average Bonchev–Trinajstić information content (AvgIpc) is 3.64. The van der Waals surface area contributed by atoms with Gasteiger partial charge in [-0.2, -0.15) is 5.26 Å². The Bertz CT molecular complexity index is 2790. The van der Waals surface area contributed by atoms with Gasteiger partial charge in [0.05, 0.1) is 5.56 Å². The molecule has 2 aliphatic rings. The number of fused-ring (bicyclic) bond motifs is 5. The smallest absolute Gasteiger partial charge is 0.164 e. The highest BCUT2D eigenvalue weighted by Gasteiger charge is 2.45. The lowest BCUT2D eigenvalue weighted by atomic mass is 9.54. The summed E-state index contributed by atoms with van der Waals surface area (Å²) in [6.45, 7) is 4.85. The van der Waals surface area contributed by atoms with Crippen molar-refractivity contribution in [1.82, 2.24) is 15.0 Å². The highest BCUT2D eigenvalue weighted by molar-refractivity contribution is 6.07. The van der Waals surface area contributed by atoms with Gasteiger partial charge in [0, 0.05) is 27.5 Å². The molecule has 2 heterocycles. The van der Waals surface area contributed by atoms with Crippen LogP contribution in [0.1, 0.15) is 63.5 Å². The topological polar surface area (TPSA) is 75.6 Å². The lowest BCUT2D eigenvalue weighted by Crippen LogP contribution is -2.42. The van der Waals surface area contributed by atoms with Crippen molar-refractivity contribution in [2.24, 2.45) is 17.8 Å². The summed E-state index contributed by atoms with van der Waals surface area (Å²) < 4.78 is 6.08. The summed E-state index contributed by atoms with van der Waals surface area (Å²) in [4.78, 5) is 15.3. The maximum absolute atomic E-state index is 9.61. The van der Waals surface area contributed by atoms with Crippen LogP contribution in [0.3, 0.4) is 0 Å². The lowest BCUT2D eigenvalue weighted by molar-refractivity contribution is 0.0702. The number of benzene rings is 6. The summed E-state index contributed by atoms with van der Waals surface area (Å²) in [7, 11) is 0. The Hall–Kier alpha value is -6.38. The van der Waals surface area contributed by atoms with E-state index in [-0.39, 0.29) is 0 Å². The molecule has 6 aromatic carbocycles. The minimum Gasteiger partial charge on any atom is -0.455 e. The van der Waals surface area contributed by atoms with Crippen molar-refractivity contribution >= 4 is 21.9 Å². The number of para-hydroxylation sites is 1. The summed E-state index contributed by atoms with van der Waals surface area (Å²) in [5.74, 6) is 4.38. The number of nitrogens with zero attached hydrogens (tertiary/aromatic N) is 4. The molecule has 5 heteroatoms. The summed E-state index contributed by atoms with van der Waals surface area (Å²) in [6, 6.07) is 50.7. The van der Waals surface area contributed by atoms with E-state index in [0.717, 1.165) is 67.5 Å². The SMILES string of the molecule is CC[C@H]1C[C@H]2C[C@@H](C)CC(c3ccc(-c4ccccc4-c4nc(-c5ccccc5)nc(-c5ccc(-c6ccc7oc8c(C#N)cccc8c7c6)cc5)n4)cc3)(C2)C1. The zero-order valence-corrected chi connectivity index (χ0v) is 32.5. The number of furan rings is 1. The first kappa shape index (κ1) is 35.1. The van der Waals surface area contributed by atoms with Gasteiger partial charge in [-0.15, -0.1) is 0 Å². The predicted molar refractivity (Wildman–Crippen MR) is 230 cm³/mol. The summed E-state index contributed by atoms with van der Waals surface area (Å²) in [5, 5.41) is 11.5. The Kier molecular flexibility index (Phi) is 8.79. The quantitative estimate of drug-likeness (QED) is 0.163. The first-order valence-corrected chi connectivity index (χ1v) is 20.4. The normalized spacial score (nSPS) is 20.4. The Morgan fingerprint density at radius 3 is 2.04 bits per heavy atom. The maximum atomic E-state index is 9.61. The van der Waals surface area contributed by atoms with Gasteiger partial charge in [0.2, 0.25) is 0 Å². The molecular weight excluding hydrogens is 697 g/mol. The first-order valence-electron chi connectivity index (χ1n) is 20.4. The molecule has 2 saturated carbocycles. The van der Waals surface area contributed by atoms with Crippen molar-refractivity contribution in [3.05, 3.63) is 151 Å². The number of hydrogen-bond acceptors (Lipinski definition) is 5. The molecule has 278 valence electrons. The Balaban J connectivity index is 1.01. The van der Waals surface area contributed by atoms with E-state index in [4.69, 9.17) is 19.4 Å². The average molecular weight is 741 g/mol. The molecule has 57 heavy (non-hydrogen) atoms. The van der Waals surface area contributed by atoms with Crippen molar-refractivity contribution < 1.29 is 4.42 Å². The van der Waals surface area contributed by atoms with Crippen molar-refractivity contribution in [1.29, 1.82) is 5.26 Å². The molecule has 2 fully saturated rings. The van der Waals surface area contributed by atoms with Crippen LogP contribution < -0.4 is 0 Å². The second-order valence-electron chi connectivity index (χ2n) is 16.6. The van der Waals surface area contributed by atoms with E-state index in [1.165, 1.54) is 49.7 Å². The van der Waals surface area contributed by atoms with Crippen molar-refractivity contribution in [2.75, 3.05) is 0 Å². The van der Waals surface area contributed by atoms with Crippen LogP contribution in [0, 0.1) is 29.1 Å². The van der Waals surface area contributed by atoms with Gasteiger partial charge in [-0.05, 0) is 101 Å². The highest BCUT2D eigenvalue weighted by Crippen LogP contribution is 2.55. The van der Waals surface area contributed by atoms with Crippen LogP contribution in [-0.2, 0) is 5.41 Å². The predicted octanol–water partition coefficient (Wildman–Crippen LogP) is 13.5. The zero-order valence-electron chi connectivity index (χ0n) is 32.5. The Morgan fingerprint density at radius 1 is 0.614 bits per heavy atom. The fourth-order valence-corrected chi connectivity index (χ4v) is 10.3. The molecule has 0 N–H and O–H groups in total. The fraction of sp³-hybridized carbons (Fsp3) is 0.231. The molecule has 4 atom stereocenters. The minimum atomic E-state index is 0.297. The third-order valence-electron chi connectivity index (χ3n) is 12.8. The molecule has 0 aliphatic heterocycles. The van der Waals surface area contributed by atoms with E-state index in [0.29, 0.717) is 34.0 Å². The fourth-order valence-electron chi connectivity index (χ4n) is 10.3. The first-order chi connectivity index (χ1) is 28.0. The van der Waals surface area contributed by atoms with Crippen molar-refractivity contribution in [3.63, 3.8) is 0 Å². The molecule has 1 unspecified atom stereocenters. The molecule has 5 nitrogen and oxygen atoms in total. The largest absolute Gasteiger partial charge is 0.455 e. The van der Waals surface area contributed by atoms with Gasteiger partial charge >= 0.3 is 0 Å². The van der Waals surface area contributed by atoms with Crippen LogP contribution in [0.4, 0.5) is 0 Å². The van der Waals surface area contributed by atoms with E-state index in [2.05, 4.69) is 117 Å². The number of rotatable bonds is 7. The minimum absolute atomic E-state index is 0.297. The van der Waals surface area contributed by atoms with E-state index < -0.39 is 0 Å². The van der Waals surface area contributed by atoms with Crippen LogP contribution >= 0.6 is 0 Å². The lowest BCUT2D eigenvalue weighted by Gasteiger charge is -2.51. The summed E-state index contributed by atoms with van der Waals surface area (Å²) in [6.07, 6.45) is 8.03. The van der Waals surface area contributed by atoms with Crippen LogP contribution in [0.25, 0.3) is 78.4 Å². The molecule has 10 rings (SSSR count). The third-order valence-corrected chi connectivity index (χ3v) is 12.8. The Labute approximate surface area is 334 Å². The van der Waals surface area contributed by atoms with Gasteiger partial charge in [-0.25, -0.2) is 15.0 Å². The molecule has 0 saturated heterocycles. The molecule has 2 aliphatic carbocycles. The van der Waals surface area contributed by atoms with Gasteiger partial charge in [0.25, 0.3) is 0 Å². The molecule has 0 radical (unpaired) electrons. The summed E-state index contributed by atoms with van der Waals surface area (Å²) in [5.41, 5.74) is 11.0. The second-order valence-corrected chi connectivity index (χ2v) is 16.6. The molecule has 8 aromatic rings. The van der Waals surface area contributed by atoms with Gasteiger partial charge in [-0.1, -0.05) is 142 Å². The number of aromatic nitrogens is 3. The molecule has 0 spiro atoms. The Morgan fingerprint density at radius 2 is 1.28 bits per heavy atom.